The lowest BCUT2D eigenvalue weighted by Gasteiger charge is -2.03. The maximum atomic E-state index is 14.5. The van der Waals surface area contributed by atoms with Gasteiger partial charge in [0.15, 0.2) is 24.4 Å². The molecule has 3 heteroatoms. The van der Waals surface area contributed by atoms with E-state index < -0.39 is 0 Å². The second-order valence-electron chi connectivity index (χ2n) is 6.89. The van der Waals surface area contributed by atoms with Crippen molar-refractivity contribution in [2.24, 2.45) is 0 Å². The van der Waals surface area contributed by atoms with Crippen LogP contribution in [0.25, 0.3) is 11.1 Å². The summed E-state index contributed by atoms with van der Waals surface area (Å²) in [4.78, 5) is 0. The Kier molecular flexibility index (Phi) is 8.58. The number of hydrogen-bond donors (Lipinski definition) is 0. The Morgan fingerprint density at radius 3 is 1.84 bits per heavy atom. The average Bonchev–Trinajstić information content (AvgIpc) is 2.63. The van der Waals surface area contributed by atoms with E-state index in [0.29, 0.717) is 5.56 Å². The Bertz CT molecular complexity index is 622. The molecule has 0 unspecified atom stereocenters. The standard InChI is InChI=1S/C22H33FN2/c1-3-5-7-9-14-24-16-11-20(12-17-24)21-13-18-25(19-22(21)23)15-10-8-6-4-2/h11-13,16-19H,3-10,14-15H2,1-2H3/q+2. The largest absolute Gasteiger partial charge is 0.205 e. The highest BCUT2D eigenvalue weighted by atomic mass is 19.1. The van der Waals surface area contributed by atoms with E-state index in [0.717, 1.165) is 25.1 Å². The van der Waals surface area contributed by atoms with Crippen LogP contribution in [0.2, 0.25) is 0 Å². The first kappa shape index (κ1) is 19.6. The molecule has 2 aromatic rings. The molecule has 0 spiro atoms. The normalized spacial score (nSPS) is 11.0. The number of pyridine rings is 2. The first-order chi connectivity index (χ1) is 12.2. The molecule has 0 aliphatic heterocycles. The minimum absolute atomic E-state index is 0.140. The summed E-state index contributed by atoms with van der Waals surface area (Å²) in [6.07, 6.45) is 17.6. The SMILES string of the molecule is CCCCCC[n+]1ccc(-c2cc[n+](CCCCCC)cc2F)cc1. The fraction of sp³-hybridized carbons (Fsp3) is 0.545. The molecule has 0 fully saturated rings. The third kappa shape index (κ3) is 6.56. The highest BCUT2D eigenvalue weighted by Gasteiger charge is 2.12. The molecule has 0 amide bonds. The second-order valence-corrected chi connectivity index (χ2v) is 6.89. The molecule has 0 aromatic carbocycles. The van der Waals surface area contributed by atoms with Crippen molar-refractivity contribution >= 4 is 0 Å². The van der Waals surface area contributed by atoms with Crippen LogP contribution in [-0.2, 0) is 13.1 Å². The number of aromatic nitrogens is 2. The van der Waals surface area contributed by atoms with Crippen LogP contribution < -0.4 is 9.13 Å². The van der Waals surface area contributed by atoms with Crippen LogP contribution >= 0.6 is 0 Å². The van der Waals surface area contributed by atoms with E-state index in [4.69, 9.17) is 0 Å². The number of aryl methyl sites for hydroxylation is 2. The van der Waals surface area contributed by atoms with Crippen LogP contribution in [0.4, 0.5) is 4.39 Å². The number of nitrogens with zero attached hydrogens (tertiary/aromatic N) is 2. The Balaban J connectivity index is 1.94. The molecular formula is C22H33FN2+2. The topological polar surface area (TPSA) is 7.76 Å². The van der Waals surface area contributed by atoms with Crippen LogP contribution in [0.3, 0.4) is 0 Å². The van der Waals surface area contributed by atoms with Gasteiger partial charge in [-0.1, -0.05) is 39.5 Å². The van der Waals surface area contributed by atoms with E-state index in [1.165, 1.54) is 44.9 Å². The zero-order valence-electron chi connectivity index (χ0n) is 15.9. The van der Waals surface area contributed by atoms with E-state index in [-0.39, 0.29) is 5.82 Å². The summed E-state index contributed by atoms with van der Waals surface area (Å²) in [6, 6.07) is 5.93. The van der Waals surface area contributed by atoms with Gasteiger partial charge in [-0.2, -0.15) is 4.39 Å². The summed E-state index contributed by atoms with van der Waals surface area (Å²) in [5, 5.41) is 0. The van der Waals surface area contributed by atoms with Crippen molar-refractivity contribution in [3.05, 3.63) is 48.8 Å². The van der Waals surface area contributed by atoms with Crippen molar-refractivity contribution in [3.63, 3.8) is 0 Å². The van der Waals surface area contributed by atoms with E-state index >= 15 is 0 Å². The fourth-order valence-corrected chi connectivity index (χ4v) is 3.11. The van der Waals surface area contributed by atoms with Crippen LogP contribution in [0, 0.1) is 5.82 Å². The second kappa shape index (κ2) is 11.0. The number of hydrogen-bond acceptors (Lipinski definition) is 0. The molecule has 0 saturated heterocycles. The molecule has 2 aromatic heterocycles. The number of unbranched alkanes of at least 4 members (excludes halogenated alkanes) is 6. The summed E-state index contributed by atoms with van der Waals surface area (Å²) >= 11 is 0. The average molecular weight is 345 g/mol. The summed E-state index contributed by atoms with van der Waals surface area (Å²) < 4.78 is 18.6. The van der Waals surface area contributed by atoms with Gasteiger partial charge in [0.25, 0.3) is 0 Å². The quantitative estimate of drug-likeness (QED) is 0.389. The Labute approximate surface area is 152 Å². The van der Waals surface area contributed by atoms with Crippen molar-refractivity contribution in [2.75, 3.05) is 0 Å². The van der Waals surface area contributed by atoms with Crippen molar-refractivity contribution in [1.29, 1.82) is 0 Å². The molecule has 0 radical (unpaired) electrons. The molecule has 0 bridgehead atoms. The van der Waals surface area contributed by atoms with Gasteiger partial charge >= 0.3 is 0 Å². The Hall–Kier alpha value is -1.77. The van der Waals surface area contributed by atoms with Gasteiger partial charge in [-0.15, -0.1) is 0 Å². The van der Waals surface area contributed by atoms with Gasteiger partial charge in [-0.25, -0.2) is 9.13 Å². The van der Waals surface area contributed by atoms with E-state index in [9.17, 15) is 4.39 Å². The highest BCUT2D eigenvalue weighted by Crippen LogP contribution is 2.20. The van der Waals surface area contributed by atoms with Crippen molar-refractivity contribution in [3.8, 4) is 11.1 Å². The molecule has 2 heterocycles. The summed E-state index contributed by atoms with van der Waals surface area (Å²) in [5.41, 5.74) is 1.63. The summed E-state index contributed by atoms with van der Waals surface area (Å²) in [5.74, 6) is -0.140. The van der Waals surface area contributed by atoms with Gasteiger partial charge in [-0.05, 0) is 18.4 Å². The lowest BCUT2D eigenvalue weighted by atomic mass is 10.1. The zero-order valence-corrected chi connectivity index (χ0v) is 15.9. The smallest absolute Gasteiger partial charge is 0.205 e. The van der Waals surface area contributed by atoms with Gasteiger partial charge in [0.2, 0.25) is 6.20 Å². The van der Waals surface area contributed by atoms with Gasteiger partial charge in [-0.3, -0.25) is 0 Å². The number of rotatable bonds is 11. The number of halogens is 1. The fourth-order valence-electron chi connectivity index (χ4n) is 3.11. The first-order valence-electron chi connectivity index (χ1n) is 9.92. The molecule has 2 nitrogen and oxygen atoms in total. The van der Waals surface area contributed by atoms with E-state index in [2.05, 4.69) is 30.8 Å². The van der Waals surface area contributed by atoms with Crippen LogP contribution in [0.15, 0.2) is 43.0 Å². The van der Waals surface area contributed by atoms with E-state index in [1.54, 1.807) is 6.20 Å². The summed E-state index contributed by atoms with van der Waals surface area (Å²) in [6.45, 7) is 6.36. The third-order valence-electron chi connectivity index (χ3n) is 4.71. The maximum absolute atomic E-state index is 14.5. The minimum Gasteiger partial charge on any atom is -0.205 e. The molecule has 0 atom stereocenters. The highest BCUT2D eigenvalue weighted by molar-refractivity contribution is 5.61. The van der Waals surface area contributed by atoms with Gasteiger partial charge in [0.1, 0.15) is 13.1 Å². The molecule has 0 aliphatic carbocycles. The van der Waals surface area contributed by atoms with Crippen LogP contribution in [0.1, 0.15) is 65.2 Å². The van der Waals surface area contributed by atoms with Gasteiger partial charge in [0.05, 0.1) is 0 Å². The van der Waals surface area contributed by atoms with Crippen LogP contribution in [0.5, 0.6) is 0 Å². The molecule has 136 valence electrons. The Morgan fingerprint density at radius 2 is 1.28 bits per heavy atom. The first-order valence-corrected chi connectivity index (χ1v) is 9.92. The lowest BCUT2D eigenvalue weighted by Crippen LogP contribution is -2.33. The van der Waals surface area contributed by atoms with Crippen LogP contribution in [-0.4, -0.2) is 0 Å². The molecule has 25 heavy (non-hydrogen) atoms. The Morgan fingerprint density at radius 1 is 0.720 bits per heavy atom. The van der Waals surface area contributed by atoms with Crippen molar-refractivity contribution < 1.29 is 13.5 Å². The summed E-state index contributed by atoms with van der Waals surface area (Å²) in [7, 11) is 0. The maximum Gasteiger partial charge on any atom is 0.205 e. The monoisotopic (exact) mass is 344 g/mol. The van der Waals surface area contributed by atoms with Crippen molar-refractivity contribution in [1.82, 2.24) is 0 Å². The van der Waals surface area contributed by atoms with Gasteiger partial charge in [0, 0.05) is 36.6 Å². The van der Waals surface area contributed by atoms with Gasteiger partial charge < -0.3 is 0 Å². The molecule has 0 aliphatic rings. The lowest BCUT2D eigenvalue weighted by molar-refractivity contribution is -0.698. The predicted molar refractivity (Wildman–Crippen MR) is 101 cm³/mol. The minimum atomic E-state index is -0.140. The molecule has 2 rings (SSSR count). The predicted octanol–water partition coefficient (Wildman–Crippen LogP) is 5.23. The third-order valence-corrected chi connectivity index (χ3v) is 4.71. The van der Waals surface area contributed by atoms with E-state index in [1.807, 2.05) is 29.0 Å². The molecular weight excluding hydrogens is 311 g/mol. The zero-order chi connectivity index (χ0) is 17.9. The molecule has 0 saturated carbocycles. The van der Waals surface area contributed by atoms with Crippen molar-refractivity contribution in [2.45, 2.75) is 78.3 Å². The molecule has 0 N–H and O–H groups in total.